The van der Waals surface area contributed by atoms with Crippen LogP contribution in [0.3, 0.4) is 0 Å². The highest BCUT2D eigenvalue weighted by molar-refractivity contribution is 6.31. The number of rotatable bonds is 7. The lowest BCUT2D eigenvalue weighted by Crippen LogP contribution is -2.45. The molecule has 138 valence electrons. The molecular weight excluding hydrogens is 348 g/mol. The average Bonchev–Trinajstić information content (AvgIpc) is 2.62. The zero-order chi connectivity index (χ0) is 19.2. The van der Waals surface area contributed by atoms with E-state index in [4.69, 9.17) is 11.6 Å². The number of benzene rings is 2. The molecule has 0 unspecified atom stereocenters. The molecule has 0 heterocycles. The second kappa shape index (κ2) is 8.86. The van der Waals surface area contributed by atoms with Crippen LogP contribution in [-0.4, -0.2) is 18.4 Å². The first-order chi connectivity index (χ1) is 12.3. The van der Waals surface area contributed by atoms with Gasteiger partial charge in [-0.2, -0.15) is 0 Å². The molecule has 0 fully saturated rings. The normalized spacial score (nSPS) is 11.1. The molecule has 0 atom stereocenters. The van der Waals surface area contributed by atoms with Gasteiger partial charge in [0.25, 0.3) is 0 Å². The number of carbonyl (C=O) groups excluding carboxylic acids is 2. The molecule has 0 radical (unpaired) electrons. The molecule has 2 rings (SSSR count). The van der Waals surface area contributed by atoms with Crippen molar-refractivity contribution in [3.63, 3.8) is 0 Å². The molecule has 0 aliphatic heterocycles. The zero-order valence-electron chi connectivity index (χ0n) is 15.4. The van der Waals surface area contributed by atoms with Gasteiger partial charge in [0.15, 0.2) is 0 Å². The summed E-state index contributed by atoms with van der Waals surface area (Å²) in [5, 5.41) is 6.19. The molecule has 0 saturated carbocycles. The summed E-state index contributed by atoms with van der Waals surface area (Å²) in [6, 6.07) is 15.4. The van der Waals surface area contributed by atoms with Crippen molar-refractivity contribution in [3.8, 4) is 0 Å². The van der Waals surface area contributed by atoms with Crippen molar-refractivity contribution < 1.29 is 9.59 Å². The molecule has 26 heavy (non-hydrogen) atoms. The minimum absolute atomic E-state index is 0.290. The van der Waals surface area contributed by atoms with E-state index in [-0.39, 0.29) is 11.8 Å². The van der Waals surface area contributed by atoms with Crippen molar-refractivity contribution in [3.05, 3.63) is 64.7 Å². The molecule has 2 aromatic carbocycles. The zero-order valence-corrected chi connectivity index (χ0v) is 16.2. The van der Waals surface area contributed by atoms with E-state index in [0.717, 1.165) is 18.4 Å². The highest BCUT2D eigenvalue weighted by Gasteiger charge is 2.35. The van der Waals surface area contributed by atoms with E-state index >= 15 is 0 Å². The lowest BCUT2D eigenvalue weighted by molar-refractivity contribution is -0.138. The van der Waals surface area contributed by atoms with Gasteiger partial charge in [0.1, 0.15) is 5.41 Å². The summed E-state index contributed by atoms with van der Waals surface area (Å²) in [4.78, 5) is 24.9. The van der Waals surface area contributed by atoms with E-state index in [1.54, 1.807) is 26.0 Å². The summed E-state index contributed by atoms with van der Waals surface area (Å²) in [5.41, 5.74) is 1.56. The monoisotopic (exact) mass is 372 g/mol. The predicted octanol–water partition coefficient (Wildman–Crippen LogP) is 4.36. The second-order valence-electron chi connectivity index (χ2n) is 6.89. The molecular formula is C21H25ClN2O2. The molecule has 0 aliphatic rings. The molecule has 0 bridgehead atoms. The molecule has 0 aromatic heterocycles. The topological polar surface area (TPSA) is 58.2 Å². The smallest absolute Gasteiger partial charge is 0.239 e. The maximum absolute atomic E-state index is 12.5. The maximum Gasteiger partial charge on any atom is 0.239 e. The Morgan fingerprint density at radius 2 is 1.73 bits per heavy atom. The third-order valence-electron chi connectivity index (χ3n) is 4.34. The van der Waals surface area contributed by atoms with Crippen molar-refractivity contribution in [2.45, 2.75) is 33.6 Å². The molecule has 2 aromatic rings. The lowest BCUT2D eigenvalue weighted by Gasteiger charge is -2.23. The Labute approximate surface area is 159 Å². The number of halogens is 1. The minimum Gasteiger partial charge on any atom is -0.355 e. The van der Waals surface area contributed by atoms with Crippen LogP contribution in [0.4, 0.5) is 5.69 Å². The molecule has 4 nitrogen and oxygen atoms in total. The fraction of sp³-hybridized carbons (Fsp3) is 0.333. The van der Waals surface area contributed by atoms with E-state index in [0.29, 0.717) is 17.3 Å². The van der Waals surface area contributed by atoms with Crippen LogP contribution in [0.5, 0.6) is 0 Å². The molecule has 2 amide bonds. The average molecular weight is 373 g/mol. The molecule has 0 aliphatic carbocycles. The largest absolute Gasteiger partial charge is 0.355 e. The first-order valence-electron chi connectivity index (χ1n) is 8.70. The minimum atomic E-state index is -1.18. The maximum atomic E-state index is 12.5. The van der Waals surface area contributed by atoms with E-state index in [9.17, 15) is 9.59 Å². The van der Waals surface area contributed by atoms with Gasteiger partial charge in [-0.1, -0.05) is 48.0 Å². The highest BCUT2D eigenvalue weighted by atomic mass is 35.5. The van der Waals surface area contributed by atoms with Crippen molar-refractivity contribution in [2.75, 3.05) is 11.9 Å². The van der Waals surface area contributed by atoms with Gasteiger partial charge in [-0.3, -0.25) is 9.59 Å². The first kappa shape index (κ1) is 20.0. The van der Waals surface area contributed by atoms with E-state index in [1.165, 1.54) is 5.56 Å². The summed E-state index contributed by atoms with van der Waals surface area (Å²) in [7, 11) is 0. The van der Waals surface area contributed by atoms with Crippen LogP contribution in [0.2, 0.25) is 5.02 Å². The molecule has 2 N–H and O–H groups in total. The summed E-state index contributed by atoms with van der Waals surface area (Å²) >= 11 is 6.08. The van der Waals surface area contributed by atoms with Crippen LogP contribution in [0.25, 0.3) is 0 Å². The van der Waals surface area contributed by atoms with Crippen LogP contribution in [0, 0.1) is 12.3 Å². The quantitative estimate of drug-likeness (QED) is 0.560. The SMILES string of the molecule is Cc1ccc(NC(=O)C(C)(C)C(=O)NCCCc2ccccc2)cc1Cl. The van der Waals surface area contributed by atoms with E-state index < -0.39 is 5.41 Å². The number of hydrogen-bond acceptors (Lipinski definition) is 2. The van der Waals surface area contributed by atoms with Crippen molar-refractivity contribution >= 4 is 29.1 Å². The highest BCUT2D eigenvalue weighted by Crippen LogP contribution is 2.23. The number of aryl methyl sites for hydroxylation is 2. The lowest BCUT2D eigenvalue weighted by atomic mass is 9.90. The summed E-state index contributed by atoms with van der Waals surface area (Å²) in [6.07, 6.45) is 1.70. The van der Waals surface area contributed by atoms with Gasteiger partial charge < -0.3 is 10.6 Å². The van der Waals surface area contributed by atoms with Gasteiger partial charge in [-0.15, -0.1) is 0 Å². The van der Waals surface area contributed by atoms with Gasteiger partial charge in [0.05, 0.1) is 0 Å². The Bertz CT molecular complexity index is 773. The van der Waals surface area contributed by atoms with Gasteiger partial charge in [-0.05, 0) is 56.9 Å². The predicted molar refractivity (Wildman–Crippen MR) is 106 cm³/mol. The number of anilines is 1. The number of nitrogens with one attached hydrogen (secondary N) is 2. The standard InChI is InChI=1S/C21H25ClN2O2/c1-15-11-12-17(14-18(15)22)24-20(26)21(2,3)19(25)23-13-7-10-16-8-5-4-6-9-16/h4-6,8-9,11-12,14H,7,10,13H2,1-3H3,(H,23,25)(H,24,26). The Hall–Kier alpha value is -2.33. The Morgan fingerprint density at radius 1 is 1.04 bits per heavy atom. The van der Waals surface area contributed by atoms with Crippen LogP contribution in [0.1, 0.15) is 31.4 Å². The Morgan fingerprint density at radius 3 is 2.38 bits per heavy atom. The number of amides is 2. The van der Waals surface area contributed by atoms with Crippen molar-refractivity contribution in [1.82, 2.24) is 5.32 Å². The third kappa shape index (κ3) is 5.33. The Balaban J connectivity index is 1.85. The number of carbonyl (C=O) groups is 2. The van der Waals surface area contributed by atoms with Crippen LogP contribution < -0.4 is 10.6 Å². The van der Waals surface area contributed by atoms with Crippen LogP contribution in [-0.2, 0) is 16.0 Å². The Kier molecular flexibility index (Phi) is 6.81. The van der Waals surface area contributed by atoms with E-state index in [2.05, 4.69) is 22.8 Å². The first-order valence-corrected chi connectivity index (χ1v) is 9.08. The summed E-state index contributed by atoms with van der Waals surface area (Å²) < 4.78 is 0. The second-order valence-corrected chi connectivity index (χ2v) is 7.30. The molecule has 0 saturated heterocycles. The number of hydrogen-bond donors (Lipinski definition) is 2. The molecule has 5 heteroatoms. The molecule has 0 spiro atoms. The van der Waals surface area contributed by atoms with Gasteiger partial charge in [0.2, 0.25) is 11.8 Å². The summed E-state index contributed by atoms with van der Waals surface area (Å²) in [5.74, 6) is -0.653. The van der Waals surface area contributed by atoms with Gasteiger partial charge >= 0.3 is 0 Å². The van der Waals surface area contributed by atoms with Crippen molar-refractivity contribution in [2.24, 2.45) is 5.41 Å². The fourth-order valence-electron chi connectivity index (χ4n) is 2.42. The van der Waals surface area contributed by atoms with Crippen LogP contribution in [0.15, 0.2) is 48.5 Å². The van der Waals surface area contributed by atoms with Gasteiger partial charge in [-0.25, -0.2) is 0 Å². The van der Waals surface area contributed by atoms with Crippen molar-refractivity contribution in [1.29, 1.82) is 0 Å². The summed E-state index contributed by atoms with van der Waals surface area (Å²) in [6.45, 7) is 5.65. The third-order valence-corrected chi connectivity index (χ3v) is 4.74. The van der Waals surface area contributed by atoms with Gasteiger partial charge in [0, 0.05) is 17.3 Å². The van der Waals surface area contributed by atoms with E-state index in [1.807, 2.05) is 31.2 Å². The van der Waals surface area contributed by atoms with Crippen LogP contribution >= 0.6 is 11.6 Å². The fourth-order valence-corrected chi connectivity index (χ4v) is 2.60.